The van der Waals surface area contributed by atoms with Gasteiger partial charge in [0, 0.05) is 12.1 Å². The number of anilines is 1. The van der Waals surface area contributed by atoms with Crippen molar-refractivity contribution in [2.45, 2.75) is 0 Å². The number of hydrogen-bond donors (Lipinski definition) is 0. The molecule has 1 amide bonds. The third kappa shape index (κ3) is 2.46. The largest absolute Gasteiger partial charge is 0.493 e. The Morgan fingerprint density at radius 1 is 1.44 bits per heavy atom. The first kappa shape index (κ1) is 12.8. The summed E-state index contributed by atoms with van der Waals surface area (Å²) in [6.45, 7) is 0. The van der Waals surface area contributed by atoms with Crippen molar-refractivity contribution in [3.63, 3.8) is 0 Å². The average molecular weight is 262 g/mol. The summed E-state index contributed by atoms with van der Waals surface area (Å²) < 4.78 is 5.05. The van der Waals surface area contributed by atoms with E-state index in [0.717, 1.165) is 4.90 Å². The number of methoxy groups -OCH3 is 1. The van der Waals surface area contributed by atoms with E-state index < -0.39 is 5.91 Å². The summed E-state index contributed by atoms with van der Waals surface area (Å²) in [5.41, 5.74) is 0.345. The van der Waals surface area contributed by atoms with E-state index in [1.807, 2.05) is 0 Å². The maximum Gasteiger partial charge on any atom is 0.290 e. The van der Waals surface area contributed by atoms with Crippen LogP contribution in [0.1, 0.15) is 0 Å². The predicted octanol–water partition coefficient (Wildman–Crippen LogP) is 2.16. The van der Waals surface area contributed by atoms with Crippen LogP contribution in [-0.2, 0) is 9.59 Å². The lowest BCUT2D eigenvalue weighted by Gasteiger charge is -2.18. The second kappa shape index (κ2) is 5.18. The standard InChI is InChI=1S/C10H9Cl2NO3/c1-13(9(15)5-14)8-4-6(11)3-7(12)10(8)16-2/h3-5H,1-2H3. The lowest BCUT2D eigenvalue weighted by molar-refractivity contribution is -0.129. The second-order valence-electron chi connectivity index (χ2n) is 2.96. The second-order valence-corrected chi connectivity index (χ2v) is 3.80. The summed E-state index contributed by atoms with van der Waals surface area (Å²) in [5.74, 6) is -0.416. The van der Waals surface area contributed by atoms with Gasteiger partial charge in [0.05, 0.1) is 17.8 Å². The minimum absolute atomic E-state index is 0.203. The number of aldehydes is 1. The number of hydrogen-bond acceptors (Lipinski definition) is 3. The first-order valence-electron chi connectivity index (χ1n) is 4.27. The SMILES string of the molecule is COc1c(Cl)cc(Cl)cc1N(C)C(=O)C=O. The van der Waals surface area contributed by atoms with Gasteiger partial charge < -0.3 is 9.64 Å². The fourth-order valence-corrected chi connectivity index (χ4v) is 1.76. The highest BCUT2D eigenvalue weighted by Crippen LogP contribution is 2.37. The number of halogens is 2. The van der Waals surface area contributed by atoms with Crippen molar-refractivity contribution < 1.29 is 14.3 Å². The maximum absolute atomic E-state index is 11.2. The lowest BCUT2D eigenvalue weighted by Crippen LogP contribution is -2.27. The van der Waals surface area contributed by atoms with E-state index in [1.54, 1.807) is 0 Å². The number of amides is 1. The summed E-state index contributed by atoms with van der Waals surface area (Å²) >= 11 is 11.7. The van der Waals surface area contributed by atoms with Crippen LogP contribution in [0.25, 0.3) is 0 Å². The molecule has 0 saturated carbocycles. The van der Waals surface area contributed by atoms with Crippen LogP contribution in [0.3, 0.4) is 0 Å². The molecule has 1 rings (SSSR count). The van der Waals surface area contributed by atoms with Crippen molar-refractivity contribution in [3.05, 3.63) is 22.2 Å². The van der Waals surface area contributed by atoms with Crippen LogP contribution < -0.4 is 9.64 Å². The molecule has 0 bridgehead atoms. The molecule has 0 fully saturated rings. The predicted molar refractivity (Wildman–Crippen MR) is 62.5 cm³/mol. The van der Waals surface area contributed by atoms with Crippen LogP contribution in [0.5, 0.6) is 5.75 Å². The zero-order chi connectivity index (χ0) is 12.3. The molecule has 6 heteroatoms. The zero-order valence-electron chi connectivity index (χ0n) is 8.66. The van der Waals surface area contributed by atoms with Gasteiger partial charge in [-0.25, -0.2) is 0 Å². The van der Waals surface area contributed by atoms with Gasteiger partial charge in [-0.2, -0.15) is 0 Å². The van der Waals surface area contributed by atoms with Gasteiger partial charge in [0.25, 0.3) is 5.91 Å². The van der Waals surface area contributed by atoms with Gasteiger partial charge in [-0.1, -0.05) is 23.2 Å². The van der Waals surface area contributed by atoms with Gasteiger partial charge >= 0.3 is 0 Å². The van der Waals surface area contributed by atoms with Crippen molar-refractivity contribution in [3.8, 4) is 5.75 Å². The summed E-state index contributed by atoms with van der Waals surface area (Å²) in [6.07, 6.45) is 0.203. The molecular weight excluding hydrogens is 253 g/mol. The molecule has 0 spiro atoms. The molecule has 0 N–H and O–H groups in total. The molecule has 0 aliphatic rings. The fourth-order valence-electron chi connectivity index (χ4n) is 1.20. The highest BCUT2D eigenvalue weighted by atomic mass is 35.5. The molecule has 0 unspecified atom stereocenters. The molecule has 0 atom stereocenters. The summed E-state index contributed by atoms with van der Waals surface area (Å²) in [5, 5.41) is 0.627. The molecule has 16 heavy (non-hydrogen) atoms. The number of likely N-dealkylation sites (N-methyl/N-ethyl adjacent to an activating group) is 1. The van der Waals surface area contributed by atoms with E-state index in [9.17, 15) is 9.59 Å². The van der Waals surface area contributed by atoms with Gasteiger partial charge in [-0.3, -0.25) is 9.59 Å². The minimum Gasteiger partial charge on any atom is -0.493 e. The Hall–Kier alpha value is -1.26. The van der Waals surface area contributed by atoms with E-state index in [4.69, 9.17) is 27.9 Å². The molecule has 1 aromatic carbocycles. The van der Waals surface area contributed by atoms with Crippen molar-refractivity contribution in [2.24, 2.45) is 0 Å². The molecule has 0 aliphatic carbocycles. The van der Waals surface area contributed by atoms with Crippen molar-refractivity contribution in [2.75, 3.05) is 19.1 Å². The number of carbonyl (C=O) groups excluding carboxylic acids is 2. The number of ether oxygens (including phenoxy) is 1. The summed E-state index contributed by atoms with van der Waals surface area (Å²) in [4.78, 5) is 22.7. The van der Waals surface area contributed by atoms with Gasteiger partial charge in [0.1, 0.15) is 0 Å². The first-order chi connectivity index (χ1) is 7.51. The van der Waals surface area contributed by atoms with E-state index in [0.29, 0.717) is 16.5 Å². The van der Waals surface area contributed by atoms with Crippen LogP contribution in [0.4, 0.5) is 5.69 Å². The molecule has 0 aliphatic heterocycles. The topological polar surface area (TPSA) is 46.6 Å². The van der Waals surface area contributed by atoms with Gasteiger partial charge in [0.2, 0.25) is 6.29 Å². The molecule has 4 nitrogen and oxygen atoms in total. The van der Waals surface area contributed by atoms with Gasteiger partial charge in [-0.15, -0.1) is 0 Å². The van der Waals surface area contributed by atoms with E-state index >= 15 is 0 Å². The Morgan fingerprint density at radius 2 is 2.06 bits per heavy atom. The number of rotatable bonds is 3. The molecule has 0 aromatic heterocycles. The number of benzene rings is 1. The average Bonchev–Trinajstić information content (AvgIpc) is 2.26. The third-order valence-electron chi connectivity index (χ3n) is 1.99. The zero-order valence-corrected chi connectivity index (χ0v) is 10.2. The normalized spacial score (nSPS) is 9.75. The third-order valence-corrected chi connectivity index (χ3v) is 2.48. The molecule has 1 aromatic rings. The number of nitrogens with zero attached hydrogens (tertiary/aromatic N) is 1. The Labute approximate surface area is 103 Å². The Bertz CT molecular complexity index is 434. The van der Waals surface area contributed by atoms with Crippen molar-refractivity contribution >= 4 is 41.1 Å². The summed E-state index contributed by atoms with van der Waals surface area (Å²) in [7, 11) is 2.85. The summed E-state index contributed by atoms with van der Waals surface area (Å²) in [6, 6.07) is 2.98. The van der Waals surface area contributed by atoms with Crippen molar-refractivity contribution in [1.82, 2.24) is 0 Å². The lowest BCUT2D eigenvalue weighted by atomic mass is 10.2. The number of carbonyl (C=O) groups is 2. The Kier molecular flexibility index (Phi) is 4.15. The van der Waals surface area contributed by atoms with Crippen LogP contribution in [0.15, 0.2) is 12.1 Å². The molecule has 86 valence electrons. The van der Waals surface area contributed by atoms with Gasteiger partial charge in [0.15, 0.2) is 5.75 Å². The van der Waals surface area contributed by atoms with Crippen LogP contribution in [0.2, 0.25) is 10.0 Å². The molecular formula is C10H9Cl2NO3. The Morgan fingerprint density at radius 3 is 2.56 bits per heavy atom. The monoisotopic (exact) mass is 261 g/mol. The van der Waals surface area contributed by atoms with Crippen LogP contribution in [0, 0.1) is 0 Å². The molecule has 0 saturated heterocycles. The van der Waals surface area contributed by atoms with Crippen LogP contribution in [-0.4, -0.2) is 26.4 Å². The maximum atomic E-state index is 11.2. The van der Waals surface area contributed by atoms with Gasteiger partial charge in [-0.05, 0) is 12.1 Å². The van der Waals surface area contributed by atoms with Crippen molar-refractivity contribution in [1.29, 1.82) is 0 Å². The quantitative estimate of drug-likeness (QED) is 0.619. The fraction of sp³-hybridized carbons (Fsp3) is 0.200. The molecule has 0 heterocycles. The minimum atomic E-state index is -0.711. The first-order valence-corrected chi connectivity index (χ1v) is 5.02. The molecule has 0 radical (unpaired) electrons. The van der Waals surface area contributed by atoms with E-state index in [-0.39, 0.29) is 11.3 Å². The Balaban J connectivity index is 3.30. The van der Waals surface area contributed by atoms with E-state index in [2.05, 4.69) is 0 Å². The van der Waals surface area contributed by atoms with Crippen LogP contribution >= 0.6 is 23.2 Å². The van der Waals surface area contributed by atoms with E-state index in [1.165, 1.54) is 26.3 Å². The highest BCUT2D eigenvalue weighted by Gasteiger charge is 2.17. The highest BCUT2D eigenvalue weighted by molar-refractivity contribution is 6.37. The smallest absolute Gasteiger partial charge is 0.290 e.